The van der Waals surface area contributed by atoms with E-state index in [1.165, 1.54) is 57.8 Å². The van der Waals surface area contributed by atoms with Crippen LogP contribution >= 0.6 is 0 Å². The van der Waals surface area contributed by atoms with Crippen LogP contribution in [0.15, 0.2) is 85.1 Å². The maximum atomic E-state index is 12.8. The predicted octanol–water partition coefficient (Wildman–Crippen LogP) is 10.6. The molecule has 1 fully saturated rings. The molecule has 0 amide bonds. The number of hydrogen-bond donors (Lipinski definition) is 4. The lowest BCUT2D eigenvalue weighted by atomic mass is 9.99. The third-order valence-corrected chi connectivity index (χ3v) is 10.2. The number of hydrogen-bond acceptors (Lipinski definition) is 10. The molecule has 4 N–H and O–H groups in total. The third-order valence-electron chi connectivity index (χ3n) is 10.2. The van der Waals surface area contributed by atoms with Gasteiger partial charge in [0.15, 0.2) is 18.5 Å². The van der Waals surface area contributed by atoms with Gasteiger partial charge in [0, 0.05) is 12.8 Å². The molecule has 1 aliphatic heterocycles. The number of aliphatic carboxylic acids is 1. The maximum absolute atomic E-state index is 12.8. The number of allylic oxidation sites excluding steroid dienone is 14. The smallest absolute Gasteiger partial charge is 0.335 e. The van der Waals surface area contributed by atoms with Crippen LogP contribution in [0.2, 0.25) is 0 Å². The van der Waals surface area contributed by atoms with Crippen LogP contribution in [0.1, 0.15) is 168 Å². The molecule has 11 nitrogen and oxygen atoms in total. The van der Waals surface area contributed by atoms with Gasteiger partial charge in [-0.2, -0.15) is 0 Å². The first-order valence-electron chi connectivity index (χ1n) is 23.6. The fourth-order valence-corrected chi connectivity index (χ4v) is 6.53. The summed E-state index contributed by atoms with van der Waals surface area (Å²) in [5.74, 6) is -2.53. The highest BCUT2D eigenvalue weighted by molar-refractivity contribution is 5.73. The Balaban J connectivity index is 2.39. The van der Waals surface area contributed by atoms with Crippen molar-refractivity contribution in [2.45, 2.75) is 205 Å². The lowest BCUT2D eigenvalue weighted by Crippen LogP contribution is -2.60. The van der Waals surface area contributed by atoms with Crippen molar-refractivity contribution in [2.24, 2.45) is 0 Å². The topological polar surface area (TPSA) is 169 Å². The minimum Gasteiger partial charge on any atom is -0.479 e. The monoisotopic (exact) mass is 871 g/mol. The number of aliphatic hydroxyl groups excluding tert-OH is 3. The number of carbonyl (C=O) groups is 3. The number of esters is 2. The molecule has 1 heterocycles. The Bertz CT molecular complexity index is 1350. The van der Waals surface area contributed by atoms with Crippen LogP contribution in [0.25, 0.3) is 0 Å². The Morgan fingerprint density at radius 3 is 1.48 bits per heavy atom. The van der Waals surface area contributed by atoms with Crippen LogP contribution in [0.3, 0.4) is 0 Å². The van der Waals surface area contributed by atoms with Crippen LogP contribution in [0, 0.1) is 0 Å². The molecule has 62 heavy (non-hydrogen) atoms. The summed E-state index contributed by atoms with van der Waals surface area (Å²) in [7, 11) is 0. The highest BCUT2D eigenvalue weighted by Crippen LogP contribution is 2.23. The van der Waals surface area contributed by atoms with Crippen molar-refractivity contribution in [3.05, 3.63) is 85.1 Å². The van der Waals surface area contributed by atoms with Gasteiger partial charge in [-0.3, -0.25) is 9.59 Å². The molecule has 0 aromatic heterocycles. The van der Waals surface area contributed by atoms with E-state index in [1.54, 1.807) is 0 Å². The van der Waals surface area contributed by atoms with Crippen molar-refractivity contribution in [3.63, 3.8) is 0 Å². The Kier molecular flexibility index (Phi) is 36.6. The van der Waals surface area contributed by atoms with Gasteiger partial charge < -0.3 is 39.4 Å². The minimum absolute atomic E-state index is 0.152. The Morgan fingerprint density at radius 1 is 0.516 bits per heavy atom. The molecule has 352 valence electrons. The molecule has 11 heteroatoms. The highest BCUT2D eigenvalue weighted by atomic mass is 16.7. The van der Waals surface area contributed by atoms with Gasteiger partial charge in [-0.05, 0) is 83.5 Å². The Morgan fingerprint density at radius 2 is 0.968 bits per heavy atom. The van der Waals surface area contributed by atoms with Crippen molar-refractivity contribution in [3.8, 4) is 0 Å². The normalized spacial score (nSPS) is 20.3. The average Bonchev–Trinajstić information content (AvgIpc) is 3.26. The van der Waals surface area contributed by atoms with Gasteiger partial charge in [0.1, 0.15) is 24.9 Å². The number of carbonyl (C=O) groups excluding carboxylic acids is 2. The number of aliphatic hydroxyl groups is 3. The SMILES string of the molecule is CC/C=C\C/C=C\C/C=C\C/C=C\C/C=C\CCCC(=O)OCC(COC1OC(C(=O)O)C(O)C(O)C1O)OC(=O)CCCCCCCCCCC/C=C\C/C=C\CCCCC. The Labute approximate surface area is 373 Å². The van der Waals surface area contributed by atoms with Gasteiger partial charge in [-0.1, -0.05) is 157 Å². The van der Waals surface area contributed by atoms with Gasteiger partial charge in [-0.15, -0.1) is 0 Å². The zero-order valence-electron chi connectivity index (χ0n) is 38.1. The molecule has 0 aromatic carbocycles. The number of ether oxygens (including phenoxy) is 4. The summed E-state index contributed by atoms with van der Waals surface area (Å²) in [6.45, 7) is 3.62. The standard InChI is InChI=1S/C51H82O11/c1-3-5-7-9-11-13-15-17-19-21-22-24-26-28-30-32-34-36-38-40-45(53)61-43(42-60-51-48(56)46(54)47(55)49(62-51)50(57)58)41-59-44(52)39-37-35-33-31-29-27-25-23-20-18-16-14-12-10-8-6-4-2/h6,8,11-14,17-20,25,27,31,33,43,46-49,51,54-56H,3-5,7,9-10,15-16,21-24,26,28-30,32,34-42H2,1-2H3,(H,57,58)/b8-6-,13-11-,14-12-,19-17-,20-18-,27-25-,33-31-. The van der Waals surface area contributed by atoms with E-state index in [4.69, 9.17) is 18.9 Å². The quantitative estimate of drug-likeness (QED) is 0.0265. The zero-order valence-corrected chi connectivity index (χ0v) is 38.1. The van der Waals surface area contributed by atoms with E-state index in [9.17, 15) is 34.8 Å². The van der Waals surface area contributed by atoms with Crippen molar-refractivity contribution < 1.29 is 53.8 Å². The van der Waals surface area contributed by atoms with Gasteiger partial charge >= 0.3 is 17.9 Å². The highest BCUT2D eigenvalue weighted by Gasteiger charge is 2.47. The molecule has 1 rings (SSSR count). The van der Waals surface area contributed by atoms with Gasteiger partial charge in [-0.25, -0.2) is 4.79 Å². The van der Waals surface area contributed by atoms with E-state index >= 15 is 0 Å². The average molecular weight is 871 g/mol. The van der Waals surface area contributed by atoms with Crippen LogP contribution < -0.4 is 0 Å². The second-order valence-electron chi connectivity index (χ2n) is 15.9. The molecule has 0 bridgehead atoms. The lowest BCUT2D eigenvalue weighted by Gasteiger charge is -2.38. The second kappa shape index (κ2) is 40.2. The molecule has 6 atom stereocenters. The first kappa shape index (κ1) is 56.4. The molecule has 0 saturated carbocycles. The molecule has 0 radical (unpaired) electrons. The first-order chi connectivity index (χ1) is 30.2. The van der Waals surface area contributed by atoms with Crippen LogP contribution in [-0.4, -0.2) is 88.4 Å². The van der Waals surface area contributed by atoms with E-state index in [1.807, 2.05) is 6.08 Å². The zero-order chi connectivity index (χ0) is 45.3. The van der Waals surface area contributed by atoms with Crippen molar-refractivity contribution in [1.29, 1.82) is 0 Å². The van der Waals surface area contributed by atoms with Crippen molar-refractivity contribution >= 4 is 17.9 Å². The molecular formula is C51H82O11. The predicted molar refractivity (Wildman–Crippen MR) is 247 cm³/mol. The molecule has 0 aromatic rings. The second-order valence-corrected chi connectivity index (χ2v) is 15.9. The van der Waals surface area contributed by atoms with Crippen LogP contribution in [0.5, 0.6) is 0 Å². The third kappa shape index (κ3) is 31.3. The van der Waals surface area contributed by atoms with Crippen LogP contribution in [0.4, 0.5) is 0 Å². The summed E-state index contributed by atoms with van der Waals surface area (Å²) >= 11 is 0. The Hall–Kier alpha value is -3.61. The van der Waals surface area contributed by atoms with Crippen LogP contribution in [-0.2, 0) is 33.3 Å². The molecule has 6 unspecified atom stereocenters. The summed E-state index contributed by atoms with van der Waals surface area (Å²) in [5.41, 5.74) is 0. The van der Waals surface area contributed by atoms with Gasteiger partial charge in [0.2, 0.25) is 0 Å². The molecular weight excluding hydrogens is 789 g/mol. The number of rotatable bonds is 38. The summed E-state index contributed by atoms with van der Waals surface area (Å²) in [5, 5.41) is 39.9. The molecule has 1 saturated heterocycles. The number of unbranched alkanes of at least 4 members (excludes halogenated alkanes) is 13. The lowest BCUT2D eigenvalue weighted by molar-refractivity contribution is -0.298. The summed E-state index contributed by atoms with van der Waals surface area (Å²) < 4.78 is 21.7. The van der Waals surface area contributed by atoms with Crippen molar-refractivity contribution in [1.82, 2.24) is 0 Å². The fourth-order valence-electron chi connectivity index (χ4n) is 6.53. The van der Waals surface area contributed by atoms with E-state index in [2.05, 4.69) is 92.8 Å². The van der Waals surface area contributed by atoms with E-state index < -0.39 is 61.3 Å². The van der Waals surface area contributed by atoms with Crippen molar-refractivity contribution in [2.75, 3.05) is 13.2 Å². The number of carboxylic acids is 1. The first-order valence-corrected chi connectivity index (χ1v) is 23.6. The summed E-state index contributed by atoms with van der Waals surface area (Å²) in [6, 6.07) is 0. The minimum atomic E-state index is -1.87. The molecule has 0 aliphatic carbocycles. The molecule has 1 aliphatic rings. The van der Waals surface area contributed by atoms with E-state index in [0.29, 0.717) is 19.3 Å². The largest absolute Gasteiger partial charge is 0.479 e. The summed E-state index contributed by atoms with van der Waals surface area (Å²) in [6.07, 6.45) is 43.5. The maximum Gasteiger partial charge on any atom is 0.335 e. The van der Waals surface area contributed by atoms with E-state index in [0.717, 1.165) is 64.2 Å². The summed E-state index contributed by atoms with van der Waals surface area (Å²) in [4.78, 5) is 36.9. The van der Waals surface area contributed by atoms with Gasteiger partial charge in [0.25, 0.3) is 0 Å². The van der Waals surface area contributed by atoms with Gasteiger partial charge in [0.05, 0.1) is 6.61 Å². The number of carboxylic acid groups (broad SMARTS) is 1. The fraction of sp³-hybridized carbons (Fsp3) is 0.667. The molecule has 0 spiro atoms. The van der Waals surface area contributed by atoms with E-state index in [-0.39, 0.29) is 19.4 Å².